The Hall–Kier alpha value is -3.89. The average Bonchev–Trinajstić information content (AvgIpc) is 3.33. The van der Waals surface area contributed by atoms with Gasteiger partial charge in [0.2, 0.25) is 5.91 Å². The molecule has 2 unspecified atom stereocenters. The first kappa shape index (κ1) is 25.7. The molecule has 1 saturated carbocycles. The van der Waals surface area contributed by atoms with Gasteiger partial charge >= 0.3 is 0 Å². The number of aryl methyl sites for hydroxylation is 1. The molecular weight excluding hydrogens is 494 g/mol. The Morgan fingerprint density at radius 1 is 1.24 bits per heavy atom. The van der Waals surface area contributed by atoms with Crippen LogP contribution in [0.3, 0.4) is 0 Å². The van der Waals surface area contributed by atoms with Crippen LogP contribution in [-0.2, 0) is 4.79 Å². The van der Waals surface area contributed by atoms with E-state index in [1.807, 2.05) is 25.3 Å². The highest BCUT2D eigenvalue weighted by atomic mass is 19.3. The summed E-state index contributed by atoms with van der Waals surface area (Å²) in [6, 6.07) is 8.89. The second-order valence-electron chi connectivity index (χ2n) is 10.2. The Morgan fingerprint density at radius 2 is 2.03 bits per heavy atom. The third-order valence-corrected chi connectivity index (χ3v) is 7.17. The van der Waals surface area contributed by atoms with Crippen molar-refractivity contribution in [3.8, 4) is 17.3 Å². The van der Waals surface area contributed by atoms with Gasteiger partial charge < -0.3 is 19.5 Å². The van der Waals surface area contributed by atoms with E-state index in [1.165, 1.54) is 12.0 Å². The SMILES string of the molecule is COc1cc(C)c(C2CC2C(=O)N2CCC(F)(F)C2)cc1C(=O)Nc1cccc(-c2nncn2C(C)C)n1. The maximum absolute atomic E-state index is 13.6. The van der Waals surface area contributed by atoms with Gasteiger partial charge in [-0.2, -0.15) is 0 Å². The van der Waals surface area contributed by atoms with Gasteiger partial charge in [-0.25, -0.2) is 13.8 Å². The number of benzene rings is 1. The fourth-order valence-electron chi connectivity index (χ4n) is 5.03. The standard InChI is InChI=1S/C27H30F2N6O3/c1-15(2)35-14-30-33-24(35)21-6-5-7-23(31-21)32-25(36)20-11-17(16(3)10-22(20)38-4)18-12-19(18)26(37)34-9-8-27(28,29)13-34/h5-7,10-11,14-15,18-19H,8-9,12-13H2,1-4H3,(H,31,32,36). The maximum atomic E-state index is 13.6. The molecule has 9 nitrogen and oxygen atoms in total. The highest BCUT2D eigenvalue weighted by molar-refractivity contribution is 6.06. The molecule has 1 saturated heterocycles. The van der Waals surface area contributed by atoms with Crippen LogP contribution in [0.1, 0.15) is 60.1 Å². The number of alkyl halides is 2. The summed E-state index contributed by atoms with van der Waals surface area (Å²) < 4.78 is 34.6. The van der Waals surface area contributed by atoms with E-state index in [1.54, 1.807) is 36.7 Å². The minimum absolute atomic E-state index is 0.0733. The first-order valence-electron chi connectivity index (χ1n) is 12.6. The zero-order valence-electron chi connectivity index (χ0n) is 21.7. The predicted molar refractivity (Wildman–Crippen MR) is 136 cm³/mol. The van der Waals surface area contributed by atoms with E-state index < -0.39 is 18.4 Å². The molecule has 5 rings (SSSR count). The molecule has 0 bridgehead atoms. The van der Waals surface area contributed by atoms with E-state index in [0.29, 0.717) is 35.1 Å². The fraction of sp³-hybridized carbons (Fsp3) is 0.444. The smallest absolute Gasteiger partial charge is 0.267 e. The summed E-state index contributed by atoms with van der Waals surface area (Å²) in [5.41, 5.74) is 2.58. The molecule has 2 atom stereocenters. The zero-order chi connectivity index (χ0) is 27.2. The van der Waals surface area contributed by atoms with Gasteiger partial charge in [0.05, 0.1) is 19.2 Å². The number of methoxy groups -OCH3 is 1. The van der Waals surface area contributed by atoms with Crippen LogP contribution >= 0.6 is 0 Å². The number of ether oxygens (including phenoxy) is 1. The Morgan fingerprint density at radius 3 is 2.71 bits per heavy atom. The molecule has 2 amide bonds. The molecule has 3 heterocycles. The molecule has 38 heavy (non-hydrogen) atoms. The number of aromatic nitrogens is 4. The highest BCUT2D eigenvalue weighted by Gasteiger charge is 2.50. The predicted octanol–water partition coefficient (Wildman–Crippen LogP) is 4.46. The van der Waals surface area contributed by atoms with Crippen molar-refractivity contribution in [2.45, 2.75) is 51.5 Å². The summed E-state index contributed by atoms with van der Waals surface area (Å²) >= 11 is 0. The third kappa shape index (κ3) is 4.97. The van der Waals surface area contributed by atoms with Crippen molar-refractivity contribution < 1.29 is 23.1 Å². The number of pyridine rings is 1. The third-order valence-electron chi connectivity index (χ3n) is 7.17. The van der Waals surface area contributed by atoms with Gasteiger partial charge in [-0.1, -0.05) is 6.07 Å². The van der Waals surface area contributed by atoms with Crippen molar-refractivity contribution in [1.82, 2.24) is 24.6 Å². The number of rotatable bonds is 7. The van der Waals surface area contributed by atoms with Gasteiger partial charge in [0.15, 0.2) is 5.82 Å². The van der Waals surface area contributed by atoms with Crippen molar-refractivity contribution in [1.29, 1.82) is 0 Å². The molecular formula is C27H30F2N6O3. The molecule has 1 N–H and O–H groups in total. The highest BCUT2D eigenvalue weighted by Crippen LogP contribution is 2.51. The molecule has 2 fully saturated rings. The molecule has 2 aliphatic rings. The van der Waals surface area contributed by atoms with E-state index in [9.17, 15) is 18.4 Å². The van der Waals surface area contributed by atoms with Crippen molar-refractivity contribution in [2.75, 3.05) is 25.5 Å². The Balaban J connectivity index is 1.36. The first-order valence-corrected chi connectivity index (χ1v) is 12.6. The number of anilines is 1. The van der Waals surface area contributed by atoms with E-state index in [0.717, 1.165) is 11.1 Å². The lowest BCUT2D eigenvalue weighted by Gasteiger charge is -2.17. The van der Waals surface area contributed by atoms with E-state index in [2.05, 4.69) is 20.5 Å². The molecule has 11 heteroatoms. The van der Waals surface area contributed by atoms with E-state index in [-0.39, 0.29) is 36.8 Å². The van der Waals surface area contributed by atoms with Crippen LogP contribution < -0.4 is 10.1 Å². The lowest BCUT2D eigenvalue weighted by molar-refractivity contribution is -0.133. The number of hydrogen-bond acceptors (Lipinski definition) is 6. The largest absolute Gasteiger partial charge is 0.496 e. The number of halogens is 2. The van der Waals surface area contributed by atoms with Gasteiger partial charge in [-0.05, 0) is 68.5 Å². The summed E-state index contributed by atoms with van der Waals surface area (Å²) in [4.78, 5) is 32.0. The van der Waals surface area contributed by atoms with Gasteiger partial charge in [0, 0.05) is 24.9 Å². The van der Waals surface area contributed by atoms with Crippen molar-refractivity contribution in [3.05, 3.63) is 53.3 Å². The number of carbonyl (C=O) groups excluding carboxylic acids is 2. The summed E-state index contributed by atoms with van der Waals surface area (Å²) in [6.45, 7) is 5.46. The zero-order valence-corrected chi connectivity index (χ0v) is 21.7. The first-order chi connectivity index (χ1) is 18.1. The number of nitrogens with one attached hydrogen (secondary N) is 1. The van der Waals surface area contributed by atoms with E-state index in [4.69, 9.17) is 4.74 Å². The van der Waals surface area contributed by atoms with Crippen LogP contribution in [-0.4, -0.2) is 62.6 Å². The molecule has 3 aromatic rings. The minimum Gasteiger partial charge on any atom is -0.496 e. The number of hydrogen-bond donors (Lipinski definition) is 1. The Kier molecular flexibility index (Phi) is 6.62. The van der Waals surface area contributed by atoms with Crippen LogP contribution in [0, 0.1) is 12.8 Å². The van der Waals surface area contributed by atoms with Crippen molar-refractivity contribution in [2.24, 2.45) is 5.92 Å². The van der Waals surface area contributed by atoms with Gasteiger partial charge in [0.1, 0.15) is 23.6 Å². The topological polar surface area (TPSA) is 102 Å². The molecule has 2 aromatic heterocycles. The van der Waals surface area contributed by atoms with E-state index >= 15 is 0 Å². The normalized spacial score (nSPS) is 20.0. The molecule has 0 radical (unpaired) electrons. The number of nitrogens with zero attached hydrogens (tertiary/aromatic N) is 5. The number of carbonyl (C=O) groups is 2. The molecule has 0 spiro atoms. The molecule has 1 aromatic carbocycles. The van der Waals surface area contributed by atoms with Crippen LogP contribution in [0.4, 0.5) is 14.6 Å². The fourth-order valence-corrected chi connectivity index (χ4v) is 5.03. The molecule has 1 aliphatic carbocycles. The van der Waals surface area contributed by atoms with Crippen molar-refractivity contribution >= 4 is 17.6 Å². The summed E-state index contributed by atoms with van der Waals surface area (Å²) in [5, 5.41) is 11.0. The summed E-state index contributed by atoms with van der Waals surface area (Å²) in [6.07, 6.45) is 1.90. The monoisotopic (exact) mass is 524 g/mol. The van der Waals surface area contributed by atoms with Crippen LogP contribution in [0.5, 0.6) is 5.75 Å². The summed E-state index contributed by atoms with van der Waals surface area (Å²) in [7, 11) is 1.49. The Labute approximate surface area is 219 Å². The van der Waals surface area contributed by atoms with Gasteiger partial charge in [0.25, 0.3) is 11.8 Å². The molecule has 200 valence electrons. The number of amides is 2. The van der Waals surface area contributed by atoms with Gasteiger partial charge in [-0.15, -0.1) is 10.2 Å². The lowest BCUT2D eigenvalue weighted by Crippen LogP contribution is -2.32. The van der Waals surface area contributed by atoms with Crippen LogP contribution in [0.15, 0.2) is 36.7 Å². The lowest BCUT2D eigenvalue weighted by atomic mass is 9.98. The van der Waals surface area contributed by atoms with Gasteiger partial charge in [-0.3, -0.25) is 9.59 Å². The summed E-state index contributed by atoms with van der Waals surface area (Å²) in [5.74, 6) is -2.65. The minimum atomic E-state index is -2.82. The number of likely N-dealkylation sites (tertiary alicyclic amines) is 1. The van der Waals surface area contributed by atoms with Crippen LogP contribution in [0.25, 0.3) is 11.5 Å². The quantitative estimate of drug-likeness (QED) is 0.490. The van der Waals surface area contributed by atoms with Crippen LogP contribution in [0.2, 0.25) is 0 Å². The average molecular weight is 525 g/mol. The Bertz CT molecular complexity index is 1390. The maximum Gasteiger partial charge on any atom is 0.267 e. The second kappa shape index (κ2) is 9.77. The molecule has 1 aliphatic heterocycles. The second-order valence-corrected chi connectivity index (χ2v) is 10.2. The van der Waals surface area contributed by atoms with Crippen molar-refractivity contribution in [3.63, 3.8) is 0 Å².